The first-order valence-corrected chi connectivity index (χ1v) is 1.99. The fourth-order valence-electron chi connectivity index (χ4n) is 0.124. The van der Waals surface area contributed by atoms with Crippen LogP contribution >= 0.6 is 0 Å². The molecule has 0 aromatic carbocycles. The Bertz CT molecular complexity index is 109. The van der Waals surface area contributed by atoms with E-state index in [0.29, 0.717) is 4.90 Å². The second-order valence-electron chi connectivity index (χ2n) is 1.33. The van der Waals surface area contributed by atoms with Crippen molar-refractivity contribution in [2.45, 2.75) is 6.92 Å². The molecule has 0 saturated heterocycles. The van der Waals surface area contributed by atoms with Gasteiger partial charge in [0.05, 0.1) is 0 Å². The van der Waals surface area contributed by atoms with Crippen molar-refractivity contribution in [1.82, 2.24) is 4.90 Å². The third-order valence-corrected chi connectivity index (χ3v) is 0.736. The van der Waals surface area contributed by atoms with Crippen molar-refractivity contribution >= 4 is 12.1 Å². The summed E-state index contributed by atoms with van der Waals surface area (Å²) in [7, 11) is 1.07. The highest BCUT2D eigenvalue weighted by Gasteiger charge is 2.08. The van der Waals surface area contributed by atoms with Crippen LogP contribution in [0.3, 0.4) is 0 Å². The minimum Gasteiger partial charge on any atom is -0.275 e. The van der Waals surface area contributed by atoms with Gasteiger partial charge in [0, 0.05) is 14.0 Å². The Labute approximate surface area is 46.1 Å². The summed E-state index contributed by atoms with van der Waals surface area (Å²) >= 11 is 0. The molecule has 0 fully saturated rings. The highest BCUT2D eigenvalue weighted by Crippen LogP contribution is 1.86. The average molecular weight is 119 g/mol. The molecule has 0 radical (unpaired) electrons. The van der Waals surface area contributed by atoms with E-state index in [9.17, 15) is 14.0 Å². The van der Waals surface area contributed by atoms with Gasteiger partial charge in [0.15, 0.2) is 0 Å². The smallest absolute Gasteiger partial charge is 0.275 e. The van der Waals surface area contributed by atoms with Crippen molar-refractivity contribution in [1.29, 1.82) is 0 Å². The quantitative estimate of drug-likeness (QED) is 0.345. The molecule has 46 valence electrons. The number of rotatable bonds is 0. The number of carbonyl (C=O) groups excluding carboxylic acids is 2. The van der Waals surface area contributed by atoms with Crippen LogP contribution < -0.4 is 0 Å². The van der Waals surface area contributed by atoms with E-state index in [1.54, 1.807) is 0 Å². The molecule has 0 unspecified atom stereocenters. The van der Waals surface area contributed by atoms with Crippen molar-refractivity contribution < 1.29 is 14.0 Å². The third kappa shape index (κ3) is 1.68. The second kappa shape index (κ2) is 2.40. The normalized spacial score (nSPS) is 8.38. The number of hydrogen-bond acceptors (Lipinski definition) is 2. The summed E-state index contributed by atoms with van der Waals surface area (Å²) in [5, 5.41) is 0. The molecule has 0 bridgehead atoms. The Balaban J connectivity index is 3.83. The summed E-state index contributed by atoms with van der Waals surface area (Å²) in [6.07, 6.45) is -1.72. The average Bonchev–Trinajstić information content (AvgIpc) is 1.64. The summed E-state index contributed by atoms with van der Waals surface area (Å²) in [5.74, 6) is -0.600. The number of amides is 2. The van der Waals surface area contributed by atoms with Crippen LogP contribution in [0.5, 0.6) is 0 Å². The van der Waals surface area contributed by atoms with Crippen LogP contribution in [0.15, 0.2) is 0 Å². The van der Waals surface area contributed by atoms with Crippen LogP contribution in [0.4, 0.5) is 9.18 Å². The van der Waals surface area contributed by atoms with Gasteiger partial charge in [0.1, 0.15) is 0 Å². The van der Waals surface area contributed by atoms with Gasteiger partial charge in [-0.25, -0.2) is 4.79 Å². The number of carbonyl (C=O) groups is 2. The Morgan fingerprint density at radius 3 is 1.88 bits per heavy atom. The Kier molecular flexibility index (Phi) is 2.12. The van der Waals surface area contributed by atoms with E-state index in [4.69, 9.17) is 0 Å². The molecule has 0 aliphatic rings. The summed E-state index contributed by atoms with van der Waals surface area (Å²) in [6.45, 7) is 1.11. The van der Waals surface area contributed by atoms with Crippen LogP contribution in [0, 0.1) is 0 Å². The van der Waals surface area contributed by atoms with Gasteiger partial charge in [-0.1, -0.05) is 0 Å². The standard InChI is InChI=1S/C4H6FNO2/c1-3(7)6(2)4(5)8/h1-2H3. The van der Waals surface area contributed by atoms with Gasteiger partial charge >= 0.3 is 6.16 Å². The lowest BCUT2D eigenvalue weighted by Gasteiger charge is -2.03. The number of hydrogen-bond donors (Lipinski definition) is 0. The predicted molar refractivity (Wildman–Crippen MR) is 24.9 cm³/mol. The Morgan fingerprint density at radius 2 is 1.88 bits per heavy atom. The lowest BCUT2D eigenvalue weighted by molar-refractivity contribution is -0.125. The zero-order chi connectivity index (χ0) is 6.73. The summed E-state index contributed by atoms with van der Waals surface area (Å²) in [5.41, 5.74) is 0. The molecule has 0 spiro atoms. The molecule has 3 nitrogen and oxygen atoms in total. The maximum absolute atomic E-state index is 11.4. The van der Waals surface area contributed by atoms with E-state index < -0.39 is 12.1 Å². The molecule has 0 aromatic heterocycles. The van der Waals surface area contributed by atoms with Gasteiger partial charge in [-0.05, 0) is 0 Å². The van der Waals surface area contributed by atoms with E-state index in [1.165, 1.54) is 0 Å². The zero-order valence-electron chi connectivity index (χ0n) is 4.64. The van der Waals surface area contributed by atoms with E-state index in [2.05, 4.69) is 0 Å². The third-order valence-electron chi connectivity index (χ3n) is 0.736. The first-order chi connectivity index (χ1) is 3.55. The molecular formula is C4H6FNO2. The summed E-state index contributed by atoms with van der Waals surface area (Å²) < 4.78 is 11.4. The maximum atomic E-state index is 11.4. The second-order valence-corrected chi connectivity index (χ2v) is 1.33. The molecule has 0 aliphatic carbocycles. The minimum atomic E-state index is -1.72. The predicted octanol–water partition coefficient (Wildman–Crippen LogP) is 0.554. The van der Waals surface area contributed by atoms with E-state index in [-0.39, 0.29) is 0 Å². The van der Waals surface area contributed by atoms with Crippen LogP contribution in [0.2, 0.25) is 0 Å². The van der Waals surface area contributed by atoms with E-state index in [1.807, 2.05) is 0 Å². The molecule has 0 rings (SSSR count). The van der Waals surface area contributed by atoms with Crippen molar-refractivity contribution in [2.75, 3.05) is 7.05 Å². The first kappa shape index (κ1) is 7.07. The van der Waals surface area contributed by atoms with Crippen LogP contribution in [0.1, 0.15) is 6.92 Å². The van der Waals surface area contributed by atoms with E-state index >= 15 is 0 Å². The summed E-state index contributed by atoms with van der Waals surface area (Å²) in [4.78, 5) is 20.1. The Hall–Kier alpha value is -0.930. The van der Waals surface area contributed by atoms with Crippen LogP contribution in [-0.4, -0.2) is 24.0 Å². The largest absolute Gasteiger partial charge is 0.406 e. The molecule has 0 aromatic rings. The lowest BCUT2D eigenvalue weighted by Crippen LogP contribution is -2.26. The molecule has 0 aliphatic heterocycles. The number of nitrogens with zero attached hydrogens (tertiary/aromatic N) is 1. The molecule has 8 heavy (non-hydrogen) atoms. The van der Waals surface area contributed by atoms with E-state index in [0.717, 1.165) is 14.0 Å². The molecular weight excluding hydrogens is 113 g/mol. The monoisotopic (exact) mass is 119 g/mol. The van der Waals surface area contributed by atoms with Gasteiger partial charge < -0.3 is 0 Å². The fourth-order valence-corrected chi connectivity index (χ4v) is 0.124. The first-order valence-electron chi connectivity index (χ1n) is 1.99. The van der Waals surface area contributed by atoms with Gasteiger partial charge in [-0.15, -0.1) is 4.39 Å². The van der Waals surface area contributed by atoms with Gasteiger partial charge in [-0.2, -0.15) is 0 Å². The van der Waals surface area contributed by atoms with Crippen molar-refractivity contribution in [3.05, 3.63) is 0 Å². The minimum absolute atomic E-state index is 0.389. The molecule has 0 saturated carbocycles. The number of imide groups is 1. The highest BCUT2D eigenvalue weighted by molar-refractivity contribution is 5.89. The molecule has 0 heterocycles. The van der Waals surface area contributed by atoms with Crippen molar-refractivity contribution in [3.8, 4) is 0 Å². The van der Waals surface area contributed by atoms with Gasteiger partial charge in [-0.3, -0.25) is 9.69 Å². The van der Waals surface area contributed by atoms with Crippen molar-refractivity contribution in [2.24, 2.45) is 0 Å². The number of halogens is 1. The lowest BCUT2D eigenvalue weighted by atomic mass is 10.6. The molecule has 4 heteroatoms. The Morgan fingerprint density at radius 1 is 1.50 bits per heavy atom. The topological polar surface area (TPSA) is 37.4 Å². The molecule has 2 amide bonds. The van der Waals surface area contributed by atoms with Crippen LogP contribution in [-0.2, 0) is 4.79 Å². The SMILES string of the molecule is CC(=O)N(C)C(=O)F. The maximum Gasteiger partial charge on any atom is 0.406 e. The zero-order valence-corrected chi connectivity index (χ0v) is 4.64. The fraction of sp³-hybridized carbons (Fsp3) is 0.500. The van der Waals surface area contributed by atoms with Gasteiger partial charge in [0.2, 0.25) is 5.91 Å². The van der Waals surface area contributed by atoms with Crippen LogP contribution in [0.25, 0.3) is 0 Å². The highest BCUT2D eigenvalue weighted by atomic mass is 19.1. The molecule has 0 N–H and O–H groups in total. The molecule has 0 atom stereocenters. The summed E-state index contributed by atoms with van der Waals surface area (Å²) in [6, 6.07) is 0. The van der Waals surface area contributed by atoms with Gasteiger partial charge in [0.25, 0.3) is 0 Å². The van der Waals surface area contributed by atoms with Crippen molar-refractivity contribution in [3.63, 3.8) is 0 Å².